The zero-order chi connectivity index (χ0) is 14.4. The molecule has 4 heteroatoms. The summed E-state index contributed by atoms with van der Waals surface area (Å²) in [6.07, 6.45) is 8.21. The first kappa shape index (κ1) is 15.8. The number of aliphatic hydroxyl groups is 1. The number of halogens is 1. The van der Waals surface area contributed by atoms with Gasteiger partial charge in [0.2, 0.25) is 0 Å². The predicted molar refractivity (Wildman–Crippen MR) is 78.2 cm³/mol. The van der Waals surface area contributed by atoms with Crippen LogP contribution < -0.4 is 5.32 Å². The van der Waals surface area contributed by atoms with E-state index in [2.05, 4.69) is 11.4 Å². The van der Waals surface area contributed by atoms with E-state index in [0.717, 1.165) is 25.1 Å². The van der Waals surface area contributed by atoms with Crippen LogP contribution in [0.5, 0.6) is 0 Å². The summed E-state index contributed by atoms with van der Waals surface area (Å²) in [7, 11) is 1.79. The number of hydrogen-bond donors (Lipinski definition) is 2. The maximum absolute atomic E-state index is 13.7. The van der Waals surface area contributed by atoms with Crippen LogP contribution in [0.1, 0.15) is 44.9 Å². The van der Waals surface area contributed by atoms with Gasteiger partial charge in [-0.2, -0.15) is 0 Å². The molecule has 2 aliphatic rings. The van der Waals surface area contributed by atoms with Crippen molar-refractivity contribution in [3.8, 4) is 0 Å². The van der Waals surface area contributed by atoms with Gasteiger partial charge >= 0.3 is 0 Å². The Bertz CT molecular complexity index is 314. The quantitative estimate of drug-likeness (QED) is 0.788. The Morgan fingerprint density at radius 1 is 1.35 bits per heavy atom. The number of ether oxygens (including phenoxy) is 1. The Morgan fingerprint density at radius 3 is 2.75 bits per heavy atom. The monoisotopic (exact) mass is 285 g/mol. The molecule has 0 aromatic rings. The summed E-state index contributed by atoms with van der Waals surface area (Å²) in [5.74, 6) is 0.869. The number of nitrogens with one attached hydrogen (secondary N) is 1. The molecule has 0 bridgehead atoms. The van der Waals surface area contributed by atoms with Crippen LogP contribution in [-0.4, -0.2) is 37.6 Å². The largest absolute Gasteiger partial charge is 0.396 e. The number of allylic oxidation sites excluding steroid dienone is 2. The first-order chi connectivity index (χ1) is 9.71. The molecule has 0 amide bonds. The standard InChI is InChI=1S/C16H28FNO2/c1-20-16-4-2-12(3-5-16)11-18-15-9-13(6-7-19)8-14(17)10-15/h9,12-14,16,18-19H,2-8,10-11H2,1H3. The molecule has 1 fully saturated rings. The van der Waals surface area contributed by atoms with Gasteiger partial charge in [-0.15, -0.1) is 0 Å². The summed E-state index contributed by atoms with van der Waals surface area (Å²) in [5, 5.41) is 12.4. The van der Waals surface area contributed by atoms with Gasteiger partial charge in [0, 0.05) is 32.4 Å². The lowest BCUT2D eigenvalue weighted by atomic mass is 9.86. The second-order valence-electron chi connectivity index (χ2n) is 6.26. The number of hydrogen-bond acceptors (Lipinski definition) is 3. The molecule has 0 saturated heterocycles. The Labute approximate surface area is 121 Å². The maximum Gasteiger partial charge on any atom is 0.106 e. The first-order valence-electron chi connectivity index (χ1n) is 7.93. The van der Waals surface area contributed by atoms with E-state index in [1.807, 2.05) is 0 Å². The molecule has 2 N–H and O–H groups in total. The van der Waals surface area contributed by atoms with Gasteiger partial charge in [0.25, 0.3) is 0 Å². The van der Waals surface area contributed by atoms with Crippen molar-refractivity contribution in [2.24, 2.45) is 11.8 Å². The molecule has 0 spiro atoms. The summed E-state index contributed by atoms with van der Waals surface area (Å²) in [5.41, 5.74) is 1.04. The molecule has 2 aliphatic carbocycles. The number of aliphatic hydroxyl groups excluding tert-OH is 1. The Balaban J connectivity index is 1.75. The first-order valence-corrected chi connectivity index (χ1v) is 7.93. The van der Waals surface area contributed by atoms with Gasteiger partial charge in [0.1, 0.15) is 6.17 Å². The van der Waals surface area contributed by atoms with Crippen LogP contribution in [0, 0.1) is 11.8 Å². The molecule has 0 radical (unpaired) electrons. The maximum atomic E-state index is 13.7. The molecule has 0 aromatic heterocycles. The molecule has 20 heavy (non-hydrogen) atoms. The summed E-state index contributed by atoms with van der Waals surface area (Å²) < 4.78 is 19.1. The van der Waals surface area contributed by atoms with E-state index < -0.39 is 6.17 Å². The van der Waals surface area contributed by atoms with Crippen LogP contribution in [0.15, 0.2) is 11.8 Å². The van der Waals surface area contributed by atoms with E-state index >= 15 is 0 Å². The SMILES string of the molecule is COC1CCC(CNC2=CC(CCO)CC(F)C2)CC1. The molecular formula is C16H28FNO2. The summed E-state index contributed by atoms with van der Waals surface area (Å²) in [4.78, 5) is 0. The van der Waals surface area contributed by atoms with Gasteiger partial charge < -0.3 is 15.2 Å². The smallest absolute Gasteiger partial charge is 0.106 e. The molecule has 0 aliphatic heterocycles. The van der Waals surface area contributed by atoms with Crippen LogP contribution in [0.2, 0.25) is 0 Å². The molecule has 116 valence electrons. The minimum Gasteiger partial charge on any atom is -0.396 e. The fraction of sp³-hybridized carbons (Fsp3) is 0.875. The van der Waals surface area contributed by atoms with Crippen LogP contribution in [-0.2, 0) is 4.74 Å². The third-order valence-corrected chi connectivity index (χ3v) is 4.68. The Hall–Kier alpha value is -0.610. The van der Waals surface area contributed by atoms with E-state index in [-0.39, 0.29) is 12.5 Å². The van der Waals surface area contributed by atoms with Crippen molar-refractivity contribution in [3.63, 3.8) is 0 Å². The van der Waals surface area contributed by atoms with Crippen LogP contribution in [0.25, 0.3) is 0 Å². The van der Waals surface area contributed by atoms with E-state index in [9.17, 15) is 4.39 Å². The highest BCUT2D eigenvalue weighted by Gasteiger charge is 2.24. The lowest BCUT2D eigenvalue weighted by Crippen LogP contribution is -2.31. The third kappa shape index (κ3) is 4.74. The van der Waals surface area contributed by atoms with Crippen molar-refractivity contribution in [2.75, 3.05) is 20.3 Å². The highest BCUT2D eigenvalue weighted by atomic mass is 19.1. The van der Waals surface area contributed by atoms with Crippen molar-refractivity contribution in [2.45, 2.75) is 57.2 Å². The second-order valence-corrected chi connectivity index (χ2v) is 6.26. The zero-order valence-electron chi connectivity index (χ0n) is 12.5. The minimum atomic E-state index is -0.761. The van der Waals surface area contributed by atoms with Gasteiger partial charge in [0.15, 0.2) is 0 Å². The number of methoxy groups -OCH3 is 1. The van der Waals surface area contributed by atoms with Gasteiger partial charge in [0.05, 0.1) is 6.10 Å². The fourth-order valence-corrected chi connectivity index (χ4v) is 3.42. The third-order valence-electron chi connectivity index (χ3n) is 4.68. The average Bonchev–Trinajstić information content (AvgIpc) is 2.45. The van der Waals surface area contributed by atoms with Gasteiger partial charge in [-0.3, -0.25) is 0 Å². The minimum absolute atomic E-state index is 0.141. The van der Waals surface area contributed by atoms with E-state index in [4.69, 9.17) is 9.84 Å². The average molecular weight is 285 g/mol. The summed E-state index contributed by atoms with van der Waals surface area (Å²) >= 11 is 0. The van der Waals surface area contributed by atoms with E-state index in [0.29, 0.717) is 31.3 Å². The van der Waals surface area contributed by atoms with Crippen molar-refractivity contribution in [1.29, 1.82) is 0 Å². The highest BCUT2D eigenvalue weighted by Crippen LogP contribution is 2.28. The molecule has 1 saturated carbocycles. The van der Waals surface area contributed by atoms with Gasteiger partial charge in [-0.25, -0.2) is 4.39 Å². The summed E-state index contributed by atoms with van der Waals surface area (Å²) in [6.45, 7) is 1.09. The Kier molecular flexibility index (Phi) is 6.30. The molecule has 0 heterocycles. The molecule has 3 nitrogen and oxygen atoms in total. The van der Waals surface area contributed by atoms with Crippen molar-refractivity contribution in [3.05, 3.63) is 11.8 Å². The Morgan fingerprint density at radius 2 is 2.10 bits per heavy atom. The lowest BCUT2D eigenvalue weighted by molar-refractivity contribution is 0.0570. The number of rotatable bonds is 6. The molecule has 2 rings (SSSR count). The molecule has 2 atom stereocenters. The van der Waals surface area contributed by atoms with Crippen molar-refractivity contribution in [1.82, 2.24) is 5.32 Å². The molecule has 2 unspecified atom stereocenters. The van der Waals surface area contributed by atoms with E-state index in [1.54, 1.807) is 7.11 Å². The van der Waals surface area contributed by atoms with Crippen molar-refractivity contribution < 1.29 is 14.2 Å². The number of alkyl halides is 1. The molecular weight excluding hydrogens is 257 g/mol. The van der Waals surface area contributed by atoms with Crippen LogP contribution in [0.4, 0.5) is 4.39 Å². The van der Waals surface area contributed by atoms with E-state index in [1.165, 1.54) is 12.8 Å². The van der Waals surface area contributed by atoms with Gasteiger partial charge in [-0.05, 0) is 50.4 Å². The lowest BCUT2D eigenvalue weighted by Gasteiger charge is -2.30. The second kappa shape index (κ2) is 7.99. The highest BCUT2D eigenvalue weighted by molar-refractivity contribution is 5.09. The van der Waals surface area contributed by atoms with Crippen molar-refractivity contribution >= 4 is 0 Å². The normalized spacial score (nSPS) is 34.6. The predicted octanol–water partition coefficient (Wildman–Crippen LogP) is 2.80. The zero-order valence-corrected chi connectivity index (χ0v) is 12.5. The van der Waals surface area contributed by atoms with Crippen LogP contribution in [0.3, 0.4) is 0 Å². The topological polar surface area (TPSA) is 41.5 Å². The fourth-order valence-electron chi connectivity index (χ4n) is 3.42. The summed E-state index contributed by atoms with van der Waals surface area (Å²) in [6, 6.07) is 0. The van der Waals surface area contributed by atoms with Gasteiger partial charge in [-0.1, -0.05) is 6.08 Å². The van der Waals surface area contributed by atoms with Crippen LogP contribution >= 0.6 is 0 Å². The molecule has 0 aromatic carbocycles.